The van der Waals surface area contributed by atoms with Crippen molar-refractivity contribution < 1.29 is 0 Å². The van der Waals surface area contributed by atoms with Crippen LogP contribution in [0, 0.1) is 0 Å². The van der Waals surface area contributed by atoms with Crippen LogP contribution in [0.3, 0.4) is 0 Å². The zero-order chi connectivity index (χ0) is 8.55. The van der Waals surface area contributed by atoms with E-state index in [-0.39, 0.29) is 5.69 Å². The fourth-order valence-corrected chi connectivity index (χ4v) is 1.12. The Morgan fingerprint density at radius 3 is 2.75 bits per heavy atom. The van der Waals surface area contributed by atoms with Gasteiger partial charge in [-0.3, -0.25) is 9.97 Å². The van der Waals surface area contributed by atoms with Gasteiger partial charge in [-0.15, -0.1) is 10.2 Å². The first-order chi connectivity index (χ1) is 5.79. The number of fused-ring (bicyclic) bond motifs is 1. The standard InChI is InChI=1S/C5H5N5OS/c1-12-5-8-2-3(9-10-5)7-4(11)6-2/h1H3,(H2,6,7,8,9,10,11). The van der Waals surface area contributed by atoms with E-state index in [0.717, 1.165) is 0 Å². The molecule has 12 heavy (non-hydrogen) atoms. The summed E-state index contributed by atoms with van der Waals surface area (Å²) in [5.74, 6) is 0. The molecular formula is C5H5N5OS. The maximum atomic E-state index is 10.8. The van der Waals surface area contributed by atoms with Crippen molar-refractivity contribution in [2.75, 3.05) is 6.26 Å². The third kappa shape index (κ3) is 1.07. The van der Waals surface area contributed by atoms with Crippen molar-refractivity contribution in [3.63, 3.8) is 0 Å². The van der Waals surface area contributed by atoms with Gasteiger partial charge in [0.05, 0.1) is 0 Å². The smallest absolute Gasteiger partial charge is 0.289 e. The minimum Gasteiger partial charge on any atom is -0.289 e. The summed E-state index contributed by atoms with van der Waals surface area (Å²) in [4.78, 5) is 19.7. The van der Waals surface area contributed by atoms with Crippen LogP contribution in [0.15, 0.2) is 9.95 Å². The fraction of sp³-hybridized carbons (Fsp3) is 0.200. The molecule has 0 spiro atoms. The molecule has 62 valence electrons. The summed E-state index contributed by atoms with van der Waals surface area (Å²) >= 11 is 1.37. The number of aromatic nitrogens is 5. The van der Waals surface area contributed by atoms with Crippen molar-refractivity contribution in [3.05, 3.63) is 10.5 Å². The van der Waals surface area contributed by atoms with Gasteiger partial charge >= 0.3 is 5.69 Å². The number of H-pyrrole nitrogens is 2. The molecule has 0 aromatic carbocycles. The average Bonchev–Trinajstić information content (AvgIpc) is 2.43. The van der Waals surface area contributed by atoms with E-state index in [1.54, 1.807) is 0 Å². The van der Waals surface area contributed by atoms with Gasteiger partial charge in [0.2, 0.25) is 5.16 Å². The van der Waals surface area contributed by atoms with Gasteiger partial charge < -0.3 is 0 Å². The van der Waals surface area contributed by atoms with Gasteiger partial charge in [-0.2, -0.15) is 4.98 Å². The van der Waals surface area contributed by atoms with Gasteiger partial charge in [-0.25, -0.2) is 4.79 Å². The Balaban J connectivity index is 2.74. The number of imidazole rings is 1. The molecule has 2 aromatic heterocycles. The van der Waals surface area contributed by atoms with Gasteiger partial charge in [0.1, 0.15) is 0 Å². The van der Waals surface area contributed by atoms with Crippen LogP contribution in [-0.2, 0) is 0 Å². The second-order valence-corrected chi connectivity index (χ2v) is 2.85. The van der Waals surface area contributed by atoms with E-state index in [9.17, 15) is 4.79 Å². The van der Waals surface area contributed by atoms with Gasteiger partial charge in [0, 0.05) is 0 Å². The van der Waals surface area contributed by atoms with E-state index in [0.29, 0.717) is 16.5 Å². The zero-order valence-electron chi connectivity index (χ0n) is 6.16. The second kappa shape index (κ2) is 2.59. The highest BCUT2D eigenvalue weighted by Gasteiger charge is 2.02. The number of hydrogen-bond donors (Lipinski definition) is 2. The third-order valence-electron chi connectivity index (χ3n) is 1.31. The predicted molar refractivity (Wildman–Crippen MR) is 44.1 cm³/mol. The van der Waals surface area contributed by atoms with E-state index >= 15 is 0 Å². The number of rotatable bonds is 1. The fourth-order valence-electron chi connectivity index (χ4n) is 0.815. The monoisotopic (exact) mass is 183 g/mol. The Labute approximate surface area is 70.8 Å². The Bertz CT molecular complexity index is 460. The molecule has 2 N–H and O–H groups in total. The van der Waals surface area contributed by atoms with Gasteiger partial charge in [-0.05, 0) is 6.26 Å². The van der Waals surface area contributed by atoms with E-state index < -0.39 is 0 Å². The van der Waals surface area contributed by atoms with Crippen LogP contribution in [0.5, 0.6) is 0 Å². The molecule has 2 rings (SSSR count). The molecule has 0 aliphatic heterocycles. The van der Waals surface area contributed by atoms with Crippen LogP contribution in [0.4, 0.5) is 0 Å². The lowest BCUT2D eigenvalue weighted by Gasteiger charge is -1.89. The molecule has 6 nitrogen and oxygen atoms in total. The molecule has 2 aromatic rings. The van der Waals surface area contributed by atoms with Gasteiger partial charge in [0.25, 0.3) is 0 Å². The lowest BCUT2D eigenvalue weighted by Crippen LogP contribution is -1.99. The summed E-state index contributed by atoms with van der Waals surface area (Å²) in [6, 6.07) is 0. The molecule has 0 amide bonds. The molecule has 0 bridgehead atoms. The SMILES string of the molecule is CSc1nnc2[nH]c(=O)[nH]c2n1. The van der Waals surface area contributed by atoms with Crippen LogP contribution in [-0.4, -0.2) is 31.4 Å². The number of aromatic amines is 2. The summed E-state index contributed by atoms with van der Waals surface area (Å²) in [5.41, 5.74) is 0.516. The van der Waals surface area contributed by atoms with E-state index in [1.807, 2.05) is 6.26 Å². The number of nitrogens with one attached hydrogen (secondary N) is 2. The first-order valence-corrected chi connectivity index (χ1v) is 4.39. The third-order valence-corrected chi connectivity index (χ3v) is 1.85. The van der Waals surface area contributed by atoms with E-state index in [1.165, 1.54) is 11.8 Å². The Kier molecular flexibility index (Phi) is 1.58. The number of nitrogens with zero attached hydrogens (tertiary/aromatic N) is 3. The second-order valence-electron chi connectivity index (χ2n) is 2.07. The van der Waals surface area contributed by atoms with Crippen LogP contribution in [0.25, 0.3) is 11.3 Å². The molecule has 0 aliphatic rings. The normalized spacial score (nSPS) is 10.8. The van der Waals surface area contributed by atoms with E-state index in [4.69, 9.17) is 0 Å². The van der Waals surface area contributed by atoms with E-state index in [2.05, 4.69) is 25.1 Å². The highest BCUT2D eigenvalue weighted by Crippen LogP contribution is 2.07. The highest BCUT2D eigenvalue weighted by atomic mass is 32.2. The maximum absolute atomic E-state index is 10.8. The minimum absolute atomic E-state index is 0.315. The average molecular weight is 183 g/mol. The molecule has 0 radical (unpaired) electrons. The summed E-state index contributed by atoms with van der Waals surface area (Å²) in [7, 11) is 0. The summed E-state index contributed by atoms with van der Waals surface area (Å²) in [6.07, 6.45) is 1.84. The minimum atomic E-state index is -0.315. The molecule has 2 heterocycles. The first kappa shape index (κ1) is 7.29. The molecule has 0 fully saturated rings. The predicted octanol–water partition coefficient (Wildman–Crippen LogP) is -0.237. The molecule has 7 heteroatoms. The quantitative estimate of drug-likeness (QED) is 0.596. The van der Waals surface area contributed by atoms with Crippen molar-refractivity contribution in [1.82, 2.24) is 25.1 Å². The lowest BCUT2D eigenvalue weighted by atomic mass is 10.7. The van der Waals surface area contributed by atoms with Gasteiger partial charge in [0.15, 0.2) is 11.3 Å². The number of hydrogen-bond acceptors (Lipinski definition) is 5. The molecule has 0 unspecified atom stereocenters. The van der Waals surface area contributed by atoms with Crippen LogP contribution in [0.1, 0.15) is 0 Å². The Morgan fingerprint density at radius 1 is 1.25 bits per heavy atom. The van der Waals surface area contributed by atoms with Crippen molar-refractivity contribution in [3.8, 4) is 0 Å². The number of thioether (sulfide) groups is 1. The van der Waals surface area contributed by atoms with Crippen molar-refractivity contribution in [1.29, 1.82) is 0 Å². The first-order valence-electron chi connectivity index (χ1n) is 3.16. The lowest BCUT2D eigenvalue weighted by molar-refractivity contribution is 0.874. The van der Waals surface area contributed by atoms with Crippen LogP contribution in [0.2, 0.25) is 0 Å². The molecule has 0 atom stereocenters. The van der Waals surface area contributed by atoms with Crippen LogP contribution >= 0.6 is 11.8 Å². The summed E-state index contributed by atoms with van der Waals surface area (Å²) in [5, 5.41) is 8.04. The highest BCUT2D eigenvalue weighted by molar-refractivity contribution is 7.98. The Hall–Kier alpha value is -1.37. The van der Waals surface area contributed by atoms with Gasteiger partial charge in [-0.1, -0.05) is 11.8 Å². The van der Waals surface area contributed by atoms with Crippen molar-refractivity contribution in [2.45, 2.75) is 5.16 Å². The van der Waals surface area contributed by atoms with Crippen LogP contribution < -0.4 is 5.69 Å². The summed E-state index contributed by atoms with van der Waals surface area (Å²) < 4.78 is 0. The van der Waals surface area contributed by atoms with Crippen molar-refractivity contribution >= 4 is 23.1 Å². The molecule has 0 saturated heterocycles. The molecule has 0 saturated carbocycles. The molecule has 0 aliphatic carbocycles. The topological polar surface area (TPSA) is 87.3 Å². The van der Waals surface area contributed by atoms with Crippen molar-refractivity contribution in [2.24, 2.45) is 0 Å². The largest absolute Gasteiger partial charge is 0.326 e. The zero-order valence-corrected chi connectivity index (χ0v) is 6.97. The molecular weight excluding hydrogens is 178 g/mol. The maximum Gasteiger partial charge on any atom is 0.326 e. The Morgan fingerprint density at radius 2 is 2.00 bits per heavy atom. The summed E-state index contributed by atoms with van der Waals surface area (Å²) in [6.45, 7) is 0.